The van der Waals surface area contributed by atoms with Crippen LogP contribution in [0.3, 0.4) is 0 Å². The van der Waals surface area contributed by atoms with E-state index in [1.165, 1.54) is 19.3 Å². The van der Waals surface area contributed by atoms with Crippen molar-refractivity contribution in [2.45, 2.75) is 53.9 Å². The van der Waals surface area contributed by atoms with Gasteiger partial charge in [-0.25, -0.2) is 0 Å². The van der Waals surface area contributed by atoms with Crippen LogP contribution in [0.4, 0.5) is 0 Å². The van der Waals surface area contributed by atoms with Gasteiger partial charge in [0.2, 0.25) is 0 Å². The summed E-state index contributed by atoms with van der Waals surface area (Å²) in [4.78, 5) is 0. The zero-order chi connectivity index (χ0) is 10.0. The minimum absolute atomic E-state index is 0.878. The first kappa shape index (κ1) is 11.1. The van der Waals surface area contributed by atoms with Crippen molar-refractivity contribution in [3.8, 4) is 0 Å². The Kier molecular flexibility index (Phi) is 3.82. The molecule has 0 bridgehead atoms. The van der Waals surface area contributed by atoms with Gasteiger partial charge in [-0.15, -0.1) is 0 Å². The standard InChI is InChI=1S/C13H26/c1-6-12-11(5)8-13(12)10(4)7-9(2)3/h9-13H,6-8H2,1-5H3. The van der Waals surface area contributed by atoms with E-state index in [2.05, 4.69) is 34.6 Å². The van der Waals surface area contributed by atoms with Crippen LogP contribution in [0.15, 0.2) is 0 Å². The number of hydrogen-bond acceptors (Lipinski definition) is 0. The average molecular weight is 182 g/mol. The summed E-state index contributed by atoms with van der Waals surface area (Å²) >= 11 is 0. The van der Waals surface area contributed by atoms with Gasteiger partial charge in [-0.05, 0) is 42.4 Å². The second kappa shape index (κ2) is 4.48. The van der Waals surface area contributed by atoms with Gasteiger partial charge in [-0.1, -0.05) is 41.0 Å². The second-order valence-corrected chi connectivity index (χ2v) is 5.56. The summed E-state index contributed by atoms with van der Waals surface area (Å²) in [5.74, 6) is 4.92. The molecule has 1 aliphatic rings. The largest absolute Gasteiger partial charge is 0.0651 e. The van der Waals surface area contributed by atoms with Gasteiger partial charge in [-0.2, -0.15) is 0 Å². The molecule has 0 aliphatic heterocycles. The Morgan fingerprint density at radius 2 is 1.85 bits per heavy atom. The van der Waals surface area contributed by atoms with Crippen molar-refractivity contribution in [2.75, 3.05) is 0 Å². The van der Waals surface area contributed by atoms with Crippen LogP contribution in [0.25, 0.3) is 0 Å². The quantitative estimate of drug-likeness (QED) is 0.606. The van der Waals surface area contributed by atoms with Crippen LogP contribution in [0.1, 0.15) is 53.9 Å². The topological polar surface area (TPSA) is 0 Å². The highest BCUT2D eigenvalue weighted by Crippen LogP contribution is 2.47. The average Bonchev–Trinajstić information content (AvgIpc) is 1.99. The summed E-state index contributed by atoms with van der Waals surface area (Å²) in [6, 6.07) is 0. The van der Waals surface area contributed by atoms with Gasteiger partial charge in [0.25, 0.3) is 0 Å². The van der Waals surface area contributed by atoms with Gasteiger partial charge >= 0.3 is 0 Å². The molecule has 78 valence electrons. The van der Waals surface area contributed by atoms with Crippen LogP contribution in [0.5, 0.6) is 0 Å². The van der Waals surface area contributed by atoms with E-state index in [4.69, 9.17) is 0 Å². The molecule has 0 aromatic rings. The highest BCUT2D eigenvalue weighted by atomic mass is 14.4. The fourth-order valence-electron chi connectivity index (χ4n) is 3.28. The monoisotopic (exact) mass is 182 g/mol. The molecule has 0 aromatic heterocycles. The third-order valence-corrected chi connectivity index (χ3v) is 3.97. The first-order valence-electron chi connectivity index (χ1n) is 6.06. The molecular weight excluding hydrogens is 156 g/mol. The van der Waals surface area contributed by atoms with Crippen molar-refractivity contribution < 1.29 is 0 Å². The smallest absolute Gasteiger partial charge is 0.0355 e. The maximum Gasteiger partial charge on any atom is -0.0355 e. The molecule has 0 N–H and O–H groups in total. The van der Waals surface area contributed by atoms with E-state index in [0.717, 1.165) is 29.6 Å². The predicted octanol–water partition coefficient (Wildman–Crippen LogP) is 4.35. The lowest BCUT2D eigenvalue weighted by molar-refractivity contribution is 0.0300. The molecule has 1 rings (SSSR count). The van der Waals surface area contributed by atoms with Crippen molar-refractivity contribution >= 4 is 0 Å². The first-order chi connectivity index (χ1) is 6.06. The minimum Gasteiger partial charge on any atom is -0.0651 e. The molecule has 0 heterocycles. The fourth-order valence-corrected chi connectivity index (χ4v) is 3.28. The summed E-state index contributed by atoms with van der Waals surface area (Å²) in [6.07, 6.45) is 4.31. The van der Waals surface area contributed by atoms with E-state index in [1.807, 2.05) is 0 Å². The van der Waals surface area contributed by atoms with Gasteiger partial charge in [-0.3, -0.25) is 0 Å². The summed E-state index contributed by atoms with van der Waals surface area (Å²) in [5.41, 5.74) is 0. The number of hydrogen-bond donors (Lipinski definition) is 0. The zero-order valence-electron chi connectivity index (χ0n) is 10.0. The molecule has 1 saturated carbocycles. The lowest BCUT2D eigenvalue weighted by Crippen LogP contribution is -2.38. The molecule has 0 nitrogen and oxygen atoms in total. The zero-order valence-corrected chi connectivity index (χ0v) is 10.0. The molecular formula is C13H26. The van der Waals surface area contributed by atoms with E-state index in [1.54, 1.807) is 0 Å². The molecule has 0 saturated heterocycles. The molecule has 0 aromatic carbocycles. The first-order valence-corrected chi connectivity index (χ1v) is 6.06. The summed E-state index contributed by atoms with van der Waals surface area (Å²) in [5, 5.41) is 0. The van der Waals surface area contributed by atoms with E-state index >= 15 is 0 Å². The normalized spacial score (nSPS) is 36.0. The molecule has 0 radical (unpaired) electrons. The minimum atomic E-state index is 0.878. The maximum absolute atomic E-state index is 2.46. The van der Waals surface area contributed by atoms with E-state index in [9.17, 15) is 0 Å². The van der Waals surface area contributed by atoms with Gasteiger partial charge in [0.1, 0.15) is 0 Å². The third-order valence-electron chi connectivity index (χ3n) is 3.97. The predicted molar refractivity (Wildman–Crippen MR) is 59.7 cm³/mol. The van der Waals surface area contributed by atoms with Gasteiger partial charge < -0.3 is 0 Å². The lowest BCUT2D eigenvalue weighted by atomic mass is 9.59. The third kappa shape index (κ3) is 2.48. The summed E-state index contributed by atoms with van der Waals surface area (Å²) in [7, 11) is 0. The fraction of sp³-hybridized carbons (Fsp3) is 1.00. The molecule has 0 spiro atoms. The van der Waals surface area contributed by atoms with E-state index < -0.39 is 0 Å². The van der Waals surface area contributed by atoms with Crippen LogP contribution in [0, 0.1) is 29.6 Å². The second-order valence-electron chi connectivity index (χ2n) is 5.56. The van der Waals surface area contributed by atoms with Gasteiger partial charge in [0.05, 0.1) is 0 Å². The lowest BCUT2D eigenvalue weighted by Gasteiger charge is -2.46. The van der Waals surface area contributed by atoms with E-state index in [-0.39, 0.29) is 0 Å². The highest BCUT2D eigenvalue weighted by molar-refractivity contribution is 4.88. The molecule has 4 unspecified atom stereocenters. The molecule has 0 amide bonds. The molecule has 13 heavy (non-hydrogen) atoms. The van der Waals surface area contributed by atoms with Gasteiger partial charge in [0.15, 0.2) is 0 Å². The van der Waals surface area contributed by atoms with Crippen LogP contribution in [-0.2, 0) is 0 Å². The van der Waals surface area contributed by atoms with Crippen molar-refractivity contribution in [3.05, 3.63) is 0 Å². The summed E-state index contributed by atoms with van der Waals surface area (Å²) in [6.45, 7) is 11.9. The van der Waals surface area contributed by atoms with Crippen molar-refractivity contribution in [3.63, 3.8) is 0 Å². The molecule has 1 aliphatic carbocycles. The Morgan fingerprint density at radius 3 is 2.23 bits per heavy atom. The van der Waals surface area contributed by atoms with Crippen molar-refractivity contribution in [1.29, 1.82) is 0 Å². The maximum atomic E-state index is 2.46. The summed E-state index contributed by atoms with van der Waals surface area (Å²) < 4.78 is 0. The Hall–Kier alpha value is 0. The Labute approximate surface area is 84.1 Å². The SMILES string of the molecule is CCC1C(C)CC1C(C)CC(C)C. The van der Waals surface area contributed by atoms with Crippen LogP contribution in [-0.4, -0.2) is 0 Å². The molecule has 4 atom stereocenters. The number of rotatable bonds is 4. The van der Waals surface area contributed by atoms with Crippen LogP contribution < -0.4 is 0 Å². The Bertz CT molecular complexity index is 148. The highest BCUT2D eigenvalue weighted by Gasteiger charge is 2.39. The van der Waals surface area contributed by atoms with Crippen molar-refractivity contribution in [2.24, 2.45) is 29.6 Å². The van der Waals surface area contributed by atoms with Crippen LogP contribution in [0.2, 0.25) is 0 Å². The molecule has 0 heteroatoms. The Balaban J connectivity index is 2.36. The van der Waals surface area contributed by atoms with Crippen LogP contribution >= 0.6 is 0 Å². The van der Waals surface area contributed by atoms with Crippen molar-refractivity contribution in [1.82, 2.24) is 0 Å². The Morgan fingerprint density at radius 1 is 1.23 bits per heavy atom. The molecule has 1 fully saturated rings. The van der Waals surface area contributed by atoms with E-state index in [0.29, 0.717) is 0 Å². The van der Waals surface area contributed by atoms with Gasteiger partial charge in [0, 0.05) is 0 Å².